The molecular weight excluding hydrogens is 168 g/mol. The van der Waals surface area contributed by atoms with Gasteiger partial charge in [0.25, 0.3) is 0 Å². The maximum atomic E-state index is 5.42. The van der Waals surface area contributed by atoms with Crippen LogP contribution in [0.5, 0.6) is 0 Å². The summed E-state index contributed by atoms with van der Waals surface area (Å²) in [5, 5.41) is 7.92. The number of hydrogen-bond donors (Lipinski definition) is 1. The first-order chi connectivity index (χ1) is 6.25. The summed E-state index contributed by atoms with van der Waals surface area (Å²) in [7, 11) is 1.93. The van der Waals surface area contributed by atoms with Gasteiger partial charge in [0.05, 0.1) is 6.20 Å². The lowest BCUT2D eigenvalue weighted by Crippen LogP contribution is -2.08. The topological polar surface area (TPSA) is 74.5 Å². The Morgan fingerprint density at radius 1 is 1.54 bits per heavy atom. The molecule has 0 radical (unpaired) electrons. The molecule has 0 aliphatic carbocycles. The lowest BCUT2D eigenvalue weighted by Gasteiger charge is -1.99. The average Bonchev–Trinajstić information content (AvgIpc) is 2.64. The van der Waals surface area contributed by atoms with Gasteiger partial charge in [-0.1, -0.05) is 0 Å². The van der Waals surface area contributed by atoms with Crippen molar-refractivity contribution in [1.82, 2.24) is 24.5 Å². The maximum Gasteiger partial charge on any atom is 0.165 e. The number of nitrogen functional groups attached to an aromatic ring is 1. The van der Waals surface area contributed by atoms with Crippen LogP contribution in [0.4, 0.5) is 5.82 Å². The van der Waals surface area contributed by atoms with Gasteiger partial charge in [-0.15, -0.1) is 5.10 Å². The summed E-state index contributed by atoms with van der Waals surface area (Å²) in [6.45, 7) is 0.542. The molecule has 2 aromatic heterocycles. The van der Waals surface area contributed by atoms with E-state index in [1.165, 1.54) is 11.0 Å². The van der Waals surface area contributed by atoms with E-state index >= 15 is 0 Å². The van der Waals surface area contributed by atoms with Crippen LogP contribution in [-0.2, 0) is 13.6 Å². The molecule has 6 heteroatoms. The molecular formula is C7H10N6. The first-order valence-corrected chi connectivity index (χ1v) is 3.87. The van der Waals surface area contributed by atoms with E-state index in [0.717, 1.165) is 5.82 Å². The molecule has 2 heterocycles. The predicted octanol–water partition coefficient (Wildman–Crippen LogP) is -0.358. The number of imidazole rings is 1. The monoisotopic (exact) mass is 178 g/mol. The zero-order valence-electron chi connectivity index (χ0n) is 7.25. The van der Waals surface area contributed by atoms with Crippen LogP contribution in [0, 0.1) is 0 Å². The van der Waals surface area contributed by atoms with Crippen molar-refractivity contribution in [3.63, 3.8) is 0 Å². The summed E-state index contributed by atoms with van der Waals surface area (Å²) in [5.41, 5.74) is 5.42. The minimum Gasteiger partial charge on any atom is -0.381 e. The maximum absolute atomic E-state index is 5.42. The van der Waals surface area contributed by atoms with Crippen molar-refractivity contribution in [3.05, 3.63) is 24.4 Å². The molecule has 0 amide bonds. The van der Waals surface area contributed by atoms with Crippen LogP contribution in [0.1, 0.15) is 5.82 Å². The van der Waals surface area contributed by atoms with Crippen LogP contribution in [-0.4, -0.2) is 24.5 Å². The largest absolute Gasteiger partial charge is 0.381 e. The highest BCUT2D eigenvalue weighted by Gasteiger charge is 2.02. The fraction of sp³-hybridized carbons (Fsp3) is 0.286. The Bertz CT molecular complexity index is 401. The van der Waals surface area contributed by atoms with Crippen LogP contribution in [0.25, 0.3) is 0 Å². The molecule has 0 fully saturated rings. The second-order valence-electron chi connectivity index (χ2n) is 2.75. The van der Waals surface area contributed by atoms with Crippen molar-refractivity contribution in [2.75, 3.05) is 5.73 Å². The van der Waals surface area contributed by atoms with Crippen molar-refractivity contribution in [2.24, 2.45) is 7.05 Å². The quantitative estimate of drug-likeness (QED) is 0.681. The lowest BCUT2D eigenvalue weighted by molar-refractivity contribution is 0.559. The number of anilines is 1. The first-order valence-electron chi connectivity index (χ1n) is 3.87. The SMILES string of the molecule is Cn1ccnc1Cn1ncc(N)n1. The van der Waals surface area contributed by atoms with Gasteiger partial charge in [-0.25, -0.2) is 4.98 Å². The van der Waals surface area contributed by atoms with E-state index in [2.05, 4.69) is 15.2 Å². The first kappa shape index (κ1) is 7.78. The van der Waals surface area contributed by atoms with Gasteiger partial charge in [0, 0.05) is 19.4 Å². The molecule has 0 bridgehead atoms. The number of nitrogens with zero attached hydrogens (tertiary/aromatic N) is 5. The van der Waals surface area contributed by atoms with E-state index in [0.29, 0.717) is 12.4 Å². The smallest absolute Gasteiger partial charge is 0.165 e. The second kappa shape index (κ2) is 2.89. The fourth-order valence-electron chi connectivity index (χ4n) is 1.06. The fourth-order valence-corrected chi connectivity index (χ4v) is 1.06. The highest BCUT2D eigenvalue weighted by atomic mass is 15.5. The zero-order chi connectivity index (χ0) is 9.26. The van der Waals surface area contributed by atoms with Crippen LogP contribution in [0.2, 0.25) is 0 Å². The van der Waals surface area contributed by atoms with Gasteiger partial charge in [-0.05, 0) is 0 Å². The minimum absolute atomic E-state index is 0.425. The molecule has 0 aromatic carbocycles. The molecule has 68 valence electrons. The summed E-state index contributed by atoms with van der Waals surface area (Å²) in [6, 6.07) is 0. The van der Waals surface area contributed by atoms with Crippen LogP contribution < -0.4 is 5.73 Å². The summed E-state index contributed by atoms with van der Waals surface area (Å²) in [5.74, 6) is 1.32. The van der Waals surface area contributed by atoms with Gasteiger partial charge in [0.2, 0.25) is 0 Å². The Morgan fingerprint density at radius 2 is 2.38 bits per heavy atom. The van der Waals surface area contributed by atoms with E-state index in [4.69, 9.17) is 5.73 Å². The van der Waals surface area contributed by atoms with Gasteiger partial charge in [0.1, 0.15) is 12.4 Å². The molecule has 0 saturated carbocycles. The van der Waals surface area contributed by atoms with E-state index in [-0.39, 0.29) is 0 Å². The second-order valence-corrected chi connectivity index (χ2v) is 2.75. The third-order valence-electron chi connectivity index (χ3n) is 1.76. The number of rotatable bonds is 2. The van der Waals surface area contributed by atoms with E-state index in [1.807, 2.05) is 17.8 Å². The van der Waals surface area contributed by atoms with E-state index < -0.39 is 0 Å². The van der Waals surface area contributed by atoms with Gasteiger partial charge in [-0.2, -0.15) is 9.90 Å². The van der Waals surface area contributed by atoms with E-state index in [9.17, 15) is 0 Å². The molecule has 6 nitrogen and oxygen atoms in total. The Labute approximate surface area is 75.0 Å². The summed E-state index contributed by atoms with van der Waals surface area (Å²) < 4.78 is 1.92. The zero-order valence-corrected chi connectivity index (χ0v) is 7.25. The molecule has 0 saturated heterocycles. The van der Waals surface area contributed by atoms with Gasteiger partial charge in [0.15, 0.2) is 5.82 Å². The van der Waals surface area contributed by atoms with Crippen LogP contribution in [0.15, 0.2) is 18.6 Å². The highest BCUT2D eigenvalue weighted by Crippen LogP contribution is 1.98. The molecule has 2 N–H and O–H groups in total. The Kier molecular flexibility index (Phi) is 1.73. The highest BCUT2D eigenvalue weighted by molar-refractivity contribution is 5.19. The van der Waals surface area contributed by atoms with Crippen molar-refractivity contribution in [3.8, 4) is 0 Å². The molecule has 13 heavy (non-hydrogen) atoms. The van der Waals surface area contributed by atoms with Crippen LogP contribution in [0.3, 0.4) is 0 Å². The number of hydrogen-bond acceptors (Lipinski definition) is 4. The Hall–Kier alpha value is -1.85. The molecule has 0 atom stereocenters. The van der Waals surface area contributed by atoms with Crippen LogP contribution >= 0.6 is 0 Å². The number of aryl methyl sites for hydroxylation is 1. The number of aromatic nitrogens is 5. The predicted molar refractivity (Wildman–Crippen MR) is 46.7 cm³/mol. The minimum atomic E-state index is 0.425. The molecule has 0 aliphatic heterocycles. The van der Waals surface area contributed by atoms with Gasteiger partial charge >= 0.3 is 0 Å². The molecule has 0 aliphatic rings. The van der Waals surface area contributed by atoms with Crippen molar-refractivity contribution >= 4 is 5.82 Å². The van der Waals surface area contributed by atoms with Crippen molar-refractivity contribution in [1.29, 1.82) is 0 Å². The standard InChI is InChI=1S/C7H10N6/c1-12-3-2-9-7(12)5-13-10-4-6(8)11-13/h2-4H,5H2,1H3,(H2,8,11). The van der Waals surface area contributed by atoms with Crippen molar-refractivity contribution < 1.29 is 0 Å². The Balaban J connectivity index is 2.19. The van der Waals surface area contributed by atoms with Crippen molar-refractivity contribution in [2.45, 2.75) is 6.54 Å². The molecule has 2 rings (SSSR count). The average molecular weight is 178 g/mol. The third-order valence-corrected chi connectivity index (χ3v) is 1.76. The summed E-state index contributed by atoms with van der Waals surface area (Å²) in [6.07, 6.45) is 5.13. The summed E-state index contributed by atoms with van der Waals surface area (Å²) >= 11 is 0. The van der Waals surface area contributed by atoms with Gasteiger partial charge in [-0.3, -0.25) is 0 Å². The Morgan fingerprint density at radius 3 is 2.92 bits per heavy atom. The van der Waals surface area contributed by atoms with Gasteiger partial charge < -0.3 is 10.3 Å². The molecule has 0 unspecified atom stereocenters. The summed E-state index contributed by atoms with van der Waals surface area (Å²) in [4.78, 5) is 5.65. The third kappa shape index (κ3) is 1.51. The molecule has 2 aromatic rings. The number of nitrogens with two attached hydrogens (primary N) is 1. The van der Waals surface area contributed by atoms with E-state index in [1.54, 1.807) is 6.20 Å². The molecule has 0 spiro atoms. The normalized spacial score (nSPS) is 10.5. The lowest BCUT2D eigenvalue weighted by atomic mass is 10.6.